The summed E-state index contributed by atoms with van der Waals surface area (Å²) < 4.78 is 47.6. The second kappa shape index (κ2) is 12.3. The van der Waals surface area contributed by atoms with Crippen molar-refractivity contribution < 1.29 is 32.6 Å². The average molecular weight is 605 g/mol. The quantitative estimate of drug-likeness (QED) is 0.273. The molecular weight excluding hydrogens is 573 g/mol. The maximum absolute atomic E-state index is 14.4. The zero-order valence-corrected chi connectivity index (χ0v) is 24.0. The number of rotatable bonds is 9. The van der Waals surface area contributed by atoms with Gasteiger partial charge >= 0.3 is 12.1 Å². The molecule has 2 saturated heterocycles. The highest BCUT2D eigenvalue weighted by Gasteiger charge is 2.47. The highest BCUT2D eigenvalue weighted by atomic mass is 35.5. The van der Waals surface area contributed by atoms with Gasteiger partial charge in [0.2, 0.25) is 0 Å². The number of carboxylic acids is 1. The molecule has 3 aliphatic rings. The van der Waals surface area contributed by atoms with E-state index in [0.29, 0.717) is 74.6 Å². The van der Waals surface area contributed by atoms with Crippen LogP contribution in [0.25, 0.3) is 0 Å². The summed E-state index contributed by atoms with van der Waals surface area (Å²) in [5.41, 5.74) is 1.62. The summed E-state index contributed by atoms with van der Waals surface area (Å²) in [6.07, 6.45) is 2.92. The highest BCUT2D eigenvalue weighted by Crippen LogP contribution is 2.37. The molecule has 0 radical (unpaired) electrons. The maximum Gasteiger partial charge on any atom is 0.415 e. The van der Waals surface area contributed by atoms with Gasteiger partial charge in [-0.25, -0.2) is 22.8 Å². The largest absolute Gasteiger partial charge is 0.478 e. The van der Waals surface area contributed by atoms with Crippen LogP contribution in [0, 0.1) is 17.5 Å². The van der Waals surface area contributed by atoms with Crippen LogP contribution in [-0.2, 0) is 11.2 Å². The zero-order valence-electron chi connectivity index (χ0n) is 23.2. The first-order valence-electron chi connectivity index (χ1n) is 14.0. The molecule has 2 aromatic carbocycles. The number of nitrogens with zero attached hydrogens (tertiary/aromatic N) is 4. The average Bonchev–Trinajstić information content (AvgIpc) is 3.29. The van der Waals surface area contributed by atoms with Crippen molar-refractivity contribution in [1.82, 2.24) is 9.91 Å². The second-order valence-electron chi connectivity index (χ2n) is 11.0. The van der Waals surface area contributed by atoms with Gasteiger partial charge in [0.25, 0.3) is 0 Å². The Morgan fingerprint density at radius 1 is 1.10 bits per heavy atom. The third-order valence-electron chi connectivity index (χ3n) is 7.98. The van der Waals surface area contributed by atoms with Gasteiger partial charge < -0.3 is 9.84 Å². The van der Waals surface area contributed by atoms with Gasteiger partial charge in [-0.05, 0) is 47.9 Å². The number of hydrogen-bond donors (Lipinski definition) is 1. The molecule has 0 aromatic heterocycles. The summed E-state index contributed by atoms with van der Waals surface area (Å²) in [6, 6.07) is 7.56. The molecule has 8 nitrogen and oxygen atoms in total. The Labute approximate surface area is 247 Å². The fourth-order valence-corrected chi connectivity index (χ4v) is 5.85. The molecule has 2 fully saturated rings. The first-order chi connectivity index (χ1) is 20.1. The van der Waals surface area contributed by atoms with Crippen LogP contribution in [-0.4, -0.2) is 71.1 Å². The Hall–Kier alpha value is -3.57. The number of likely N-dealkylation sites (tertiary alicyclic amines) is 1. The van der Waals surface area contributed by atoms with Crippen LogP contribution in [0.1, 0.15) is 54.9 Å². The number of ether oxygens (including phenoxy) is 1. The van der Waals surface area contributed by atoms with E-state index in [1.807, 2.05) is 0 Å². The maximum atomic E-state index is 14.4. The smallest absolute Gasteiger partial charge is 0.415 e. The van der Waals surface area contributed by atoms with Crippen molar-refractivity contribution in [2.45, 2.75) is 51.0 Å². The second-order valence-corrected chi connectivity index (χ2v) is 11.4. The molecule has 42 heavy (non-hydrogen) atoms. The van der Waals surface area contributed by atoms with Crippen molar-refractivity contribution in [1.29, 1.82) is 0 Å². The van der Waals surface area contributed by atoms with E-state index in [1.54, 1.807) is 17.1 Å². The fraction of sp³-hybridized carbons (Fsp3) is 0.433. The summed E-state index contributed by atoms with van der Waals surface area (Å²) in [5.74, 6) is -4.20. The van der Waals surface area contributed by atoms with E-state index in [0.717, 1.165) is 24.5 Å². The minimum Gasteiger partial charge on any atom is -0.478 e. The van der Waals surface area contributed by atoms with Gasteiger partial charge in [0.05, 0.1) is 12.1 Å². The third-order valence-corrected chi connectivity index (χ3v) is 8.45. The molecule has 12 heteroatoms. The molecule has 3 heterocycles. The van der Waals surface area contributed by atoms with Gasteiger partial charge in [0.1, 0.15) is 16.6 Å². The van der Waals surface area contributed by atoms with Crippen molar-refractivity contribution in [2.75, 3.05) is 37.6 Å². The number of benzene rings is 2. The molecule has 3 aliphatic heterocycles. The number of aromatic carboxylic acids is 1. The van der Waals surface area contributed by atoms with Crippen molar-refractivity contribution in [3.05, 3.63) is 75.7 Å². The minimum atomic E-state index is -1.23. The molecule has 5 rings (SSSR count). The Kier molecular flexibility index (Phi) is 8.79. The number of halogens is 4. The normalized spacial score (nSPS) is 19.0. The Morgan fingerprint density at radius 2 is 1.79 bits per heavy atom. The number of hydrazone groups is 1. The molecule has 1 spiro atoms. The molecule has 1 N–H and O–H groups in total. The van der Waals surface area contributed by atoms with E-state index in [2.05, 4.69) is 16.9 Å². The number of anilines is 1. The highest BCUT2D eigenvalue weighted by molar-refractivity contribution is 6.30. The molecule has 0 bridgehead atoms. The van der Waals surface area contributed by atoms with Crippen LogP contribution in [0.4, 0.5) is 23.7 Å². The summed E-state index contributed by atoms with van der Waals surface area (Å²) >= 11 is 6.78. The molecule has 2 aromatic rings. The van der Waals surface area contributed by atoms with Crippen molar-refractivity contribution in [2.24, 2.45) is 5.10 Å². The molecule has 224 valence electrons. The summed E-state index contributed by atoms with van der Waals surface area (Å²) in [7, 11) is 0. The van der Waals surface area contributed by atoms with Crippen LogP contribution >= 0.6 is 11.6 Å². The number of unbranched alkanes of at least 4 members (excludes halogenated alkanes) is 1. The van der Waals surface area contributed by atoms with Crippen LogP contribution in [0.3, 0.4) is 0 Å². The van der Waals surface area contributed by atoms with Gasteiger partial charge in [0.15, 0.2) is 11.6 Å². The van der Waals surface area contributed by atoms with Crippen molar-refractivity contribution >= 4 is 35.1 Å². The Balaban J connectivity index is 1.24. The number of hydrogen-bond acceptors (Lipinski definition) is 6. The summed E-state index contributed by atoms with van der Waals surface area (Å²) in [6.45, 7) is 4.82. The lowest BCUT2D eigenvalue weighted by atomic mass is 9.90. The lowest BCUT2D eigenvalue weighted by Gasteiger charge is -2.38. The van der Waals surface area contributed by atoms with Crippen molar-refractivity contribution in [3.8, 4) is 0 Å². The van der Waals surface area contributed by atoms with Crippen LogP contribution in [0.2, 0.25) is 0 Å². The standard InChI is InChI=1S/C30H32ClF3N4O4/c1-2-3-10-38-27(31)21(14-22(35-38)13-20-15-25(33)26(34)16-24(20)32)17-36-11-8-30(9-12-36)18-37(29(41)42-30)23-6-4-19(5-7-23)28(39)40/h4-7,15-16H,2-3,8-14,17-18H2,1H3,(H,39,40). The van der Waals surface area contributed by atoms with E-state index in [1.165, 1.54) is 17.0 Å². The Bertz CT molecular complexity index is 1420. The minimum absolute atomic E-state index is 0.0294. The number of carboxylic acid groups (broad SMARTS) is 1. The van der Waals surface area contributed by atoms with Gasteiger partial charge in [0, 0.05) is 69.3 Å². The number of piperidine rings is 1. The van der Waals surface area contributed by atoms with E-state index in [9.17, 15) is 22.8 Å². The summed E-state index contributed by atoms with van der Waals surface area (Å²) in [5, 5.41) is 16.0. The van der Waals surface area contributed by atoms with Crippen molar-refractivity contribution in [3.63, 3.8) is 0 Å². The predicted octanol–water partition coefficient (Wildman–Crippen LogP) is 6.15. The Morgan fingerprint density at radius 3 is 2.45 bits per heavy atom. The van der Waals surface area contributed by atoms with Crippen LogP contribution in [0.15, 0.2) is 52.2 Å². The van der Waals surface area contributed by atoms with Crippen LogP contribution < -0.4 is 4.90 Å². The van der Waals surface area contributed by atoms with Gasteiger partial charge in [-0.3, -0.25) is 14.8 Å². The molecule has 1 amide bonds. The third kappa shape index (κ3) is 6.42. The lowest BCUT2D eigenvalue weighted by molar-refractivity contribution is 0.00283. The van der Waals surface area contributed by atoms with Gasteiger partial charge in [-0.1, -0.05) is 24.9 Å². The van der Waals surface area contributed by atoms with E-state index >= 15 is 0 Å². The van der Waals surface area contributed by atoms with E-state index in [-0.39, 0.29) is 17.5 Å². The van der Waals surface area contributed by atoms with E-state index in [4.69, 9.17) is 21.4 Å². The number of amides is 1. The predicted molar refractivity (Wildman–Crippen MR) is 152 cm³/mol. The molecule has 0 atom stereocenters. The van der Waals surface area contributed by atoms with Crippen LogP contribution in [0.5, 0.6) is 0 Å². The monoisotopic (exact) mass is 604 g/mol. The van der Waals surface area contributed by atoms with E-state index < -0.39 is 35.1 Å². The van der Waals surface area contributed by atoms with Gasteiger partial charge in [-0.15, -0.1) is 0 Å². The number of carbonyl (C=O) groups is 2. The number of carbonyl (C=O) groups excluding carboxylic acids is 1. The summed E-state index contributed by atoms with van der Waals surface area (Å²) in [4.78, 5) is 27.7. The molecule has 0 unspecified atom stereocenters. The molecule has 0 aliphatic carbocycles. The SMILES string of the molecule is CCCCN1N=C(Cc2cc(F)c(F)cc2F)CC(CN2CCC3(CC2)CN(c2ccc(C(=O)O)cc2)C(=O)O3)=C1Cl. The topological polar surface area (TPSA) is 85.7 Å². The lowest BCUT2D eigenvalue weighted by Crippen LogP contribution is -2.47. The first kappa shape index (κ1) is 29.9. The molecule has 0 saturated carbocycles. The zero-order chi connectivity index (χ0) is 30.0. The first-order valence-corrected chi connectivity index (χ1v) is 14.4. The van der Waals surface area contributed by atoms with Gasteiger partial charge in [-0.2, -0.15) is 5.10 Å². The molecular formula is C30H32ClF3N4O4. The fourth-order valence-electron chi connectivity index (χ4n) is 5.60.